The van der Waals surface area contributed by atoms with Crippen molar-refractivity contribution in [1.82, 2.24) is 0 Å². The van der Waals surface area contributed by atoms with Gasteiger partial charge in [0.2, 0.25) is 0 Å². The molecular formula is C15H22O4S. The average Bonchev–Trinajstić information content (AvgIpc) is 2.42. The number of hydrogen-bond acceptors (Lipinski definition) is 4. The number of carboxylic acids is 1. The van der Waals surface area contributed by atoms with Crippen LogP contribution in [0.15, 0.2) is 24.3 Å². The fourth-order valence-corrected chi connectivity index (χ4v) is 2.41. The van der Waals surface area contributed by atoms with Crippen LogP contribution in [0, 0.1) is 0 Å². The van der Waals surface area contributed by atoms with Crippen LogP contribution in [0.2, 0.25) is 0 Å². The molecule has 1 aromatic carbocycles. The number of carbonyl (C=O) groups is 1. The second-order valence-electron chi connectivity index (χ2n) is 4.45. The molecule has 20 heavy (non-hydrogen) atoms. The number of hydrogen-bond donors (Lipinski definition) is 1. The van der Waals surface area contributed by atoms with Crippen molar-refractivity contribution >= 4 is 17.7 Å². The summed E-state index contributed by atoms with van der Waals surface area (Å²) in [6.07, 6.45) is 1.18. The van der Waals surface area contributed by atoms with Gasteiger partial charge in [-0.2, -0.15) is 11.8 Å². The summed E-state index contributed by atoms with van der Waals surface area (Å²) >= 11 is 1.61. The van der Waals surface area contributed by atoms with Crippen LogP contribution in [0.25, 0.3) is 0 Å². The molecule has 1 N–H and O–H groups in total. The average molecular weight is 298 g/mol. The molecule has 0 heterocycles. The first kappa shape index (κ1) is 16.7. The molecule has 0 radical (unpaired) electrons. The van der Waals surface area contributed by atoms with Crippen molar-refractivity contribution in [3.8, 4) is 11.5 Å². The van der Waals surface area contributed by atoms with Crippen LogP contribution in [-0.4, -0.2) is 35.3 Å². The van der Waals surface area contributed by atoms with E-state index in [1.807, 2.05) is 31.2 Å². The Balaban J connectivity index is 2.20. The number of rotatable bonds is 10. The van der Waals surface area contributed by atoms with Crippen molar-refractivity contribution in [3.05, 3.63) is 24.3 Å². The standard InChI is InChI=1S/C15H22O4S/c1-3-8-18-13-4-6-14(7-5-13)19-9-10-20-12(2)11-15(16)17/h4-7,12H,3,8-11H2,1-2H3,(H,16,17). The summed E-state index contributed by atoms with van der Waals surface area (Å²) in [7, 11) is 0. The smallest absolute Gasteiger partial charge is 0.304 e. The van der Waals surface area contributed by atoms with E-state index < -0.39 is 5.97 Å². The summed E-state index contributed by atoms with van der Waals surface area (Å²) in [5.41, 5.74) is 0. The van der Waals surface area contributed by atoms with Crippen molar-refractivity contribution in [3.63, 3.8) is 0 Å². The van der Waals surface area contributed by atoms with Crippen LogP contribution in [-0.2, 0) is 4.79 Å². The van der Waals surface area contributed by atoms with Gasteiger partial charge in [0.1, 0.15) is 11.5 Å². The molecule has 1 unspecified atom stereocenters. The highest BCUT2D eigenvalue weighted by atomic mass is 32.2. The largest absolute Gasteiger partial charge is 0.494 e. The predicted molar refractivity (Wildman–Crippen MR) is 81.9 cm³/mol. The van der Waals surface area contributed by atoms with Crippen molar-refractivity contribution in [1.29, 1.82) is 0 Å². The van der Waals surface area contributed by atoms with Crippen LogP contribution in [0.4, 0.5) is 0 Å². The van der Waals surface area contributed by atoms with Gasteiger partial charge in [0.25, 0.3) is 0 Å². The van der Waals surface area contributed by atoms with E-state index in [9.17, 15) is 4.79 Å². The maximum Gasteiger partial charge on any atom is 0.304 e. The summed E-state index contributed by atoms with van der Waals surface area (Å²) in [6.45, 7) is 5.28. The lowest BCUT2D eigenvalue weighted by atomic mass is 10.3. The molecule has 0 fully saturated rings. The molecule has 0 aliphatic heterocycles. The zero-order valence-corrected chi connectivity index (χ0v) is 12.8. The normalized spacial score (nSPS) is 11.9. The van der Waals surface area contributed by atoms with E-state index in [0.29, 0.717) is 6.61 Å². The third kappa shape index (κ3) is 7.28. The van der Waals surface area contributed by atoms with E-state index in [-0.39, 0.29) is 11.7 Å². The molecule has 0 spiro atoms. The summed E-state index contributed by atoms with van der Waals surface area (Å²) in [6, 6.07) is 7.56. The predicted octanol–water partition coefficient (Wildman–Crippen LogP) is 3.45. The molecule has 1 atom stereocenters. The molecule has 0 bridgehead atoms. The Labute approximate surface area is 124 Å². The van der Waals surface area contributed by atoms with Crippen LogP contribution < -0.4 is 9.47 Å². The van der Waals surface area contributed by atoms with Crippen LogP contribution in [0.3, 0.4) is 0 Å². The molecule has 0 saturated carbocycles. The number of ether oxygens (including phenoxy) is 2. The highest BCUT2D eigenvalue weighted by molar-refractivity contribution is 7.99. The van der Waals surface area contributed by atoms with Gasteiger partial charge >= 0.3 is 5.97 Å². The lowest BCUT2D eigenvalue weighted by molar-refractivity contribution is -0.136. The highest BCUT2D eigenvalue weighted by Crippen LogP contribution is 2.19. The second-order valence-corrected chi connectivity index (χ2v) is 5.99. The third-order valence-corrected chi connectivity index (χ3v) is 3.65. The molecule has 0 amide bonds. The van der Waals surface area contributed by atoms with E-state index >= 15 is 0 Å². The zero-order chi connectivity index (χ0) is 14.8. The van der Waals surface area contributed by atoms with Crippen molar-refractivity contribution in [2.24, 2.45) is 0 Å². The maximum absolute atomic E-state index is 10.5. The Morgan fingerprint density at radius 2 is 1.75 bits per heavy atom. The SMILES string of the molecule is CCCOc1ccc(OCCSC(C)CC(=O)O)cc1. The van der Waals surface area contributed by atoms with Gasteiger partial charge in [-0.05, 0) is 30.7 Å². The Bertz CT molecular complexity index is 391. The van der Waals surface area contributed by atoms with Crippen LogP contribution in [0.5, 0.6) is 11.5 Å². The molecule has 0 aliphatic rings. The van der Waals surface area contributed by atoms with Gasteiger partial charge in [-0.25, -0.2) is 0 Å². The summed E-state index contributed by atoms with van der Waals surface area (Å²) in [4.78, 5) is 10.5. The van der Waals surface area contributed by atoms with Crippen molar-refractivity contribution < 1.29 is 19.4 Å². The third-order valence-electron chi connectivity index (χ3n) is 2.51. The van der Waals surface area contributed by atoms with Gasteiger partial charge in [-0.15, -0.1) is 0 Å². The van der Waals surface area contributed by atoms with E-state index in [4.69, 9.17) is 14.6 Å². The quantitative estimate of drug-likeness (QED) is 0.670. The minimum Gasteiger partial charge on any atom is -0.494 e. The zero-order valence-electron chi connectivity index (χ0n) is 12.0. The molecule has 1 aromatic rings. The minimum atomic E-state index is -0.756. The van der Waals surface area contributed by atoms with Gasteiger partial charge in [0.15, 0.2) is 0 Å². The Hall–Kier alpha value is -1.36. The molecule has 0 saturated heterocycles. The molecule has 4 nitrogen and oxygen atoms in total. The van der Waals surface area contributed by atoms with E-state index in [1.165, 1.54) is 0 Å². The molecule has 5 heteroatoms. The van der Waals surface area contributed by atoms with Gasteiger partial charge in [0.05, 0.1) is 19.6 Å². The Kier molecular flexibility index (Phi) is 7.95. The monoisotopic (exact) mass is 298 g/mol. The summed E-state index contributed by atoms with van der Waals surface area (Å²) in [5, 5.41) is 8.76. The summed E-state index contributed by atoms with van der Waals surface area (Å²) in [5.74, 6) is 1.68. The number of thioether (sulfide) groups is 1. The van der Waals surface area contributed by atoms with Crippen LogP contribution >= 0.6 is 11.8 Å². The van der Waals surface area contributed by atoms with Gasteiger partial charge in [-0.3, -0.25) is 4.79 Å². The Morgan fingerprint density at radius 3 is 2.25 bits per heavy atom. The summed E-state index contributed by atoms with van der Waals surface area (Å²) < 4.78 is 11.1. The number of benzene rings is 1. The lowest BCUT2D eigenvalue weighted by Gasteiger charge is -2.10. The molecular weight excluding hydrogens is 276 g/mol. The first-order chi connectivity index (χ1) is 9.61. The lowest BCUT2D eigenvalue weighted by Crippen LogP contribution is -2.09. The fourth-order valence-electron chi connectivity index (χ4n) is 1.57. The van der Waals surface area contributed by atoms with Gasteiger partial charge in [-0.1, -0.05) is 13.8 Å². The number of aliphatic carboxylic acids is 1. The van der Waals surface area contributed by atoms with E-state index in [1.54, 1.807) is 11.8 Å². The Morgan fingerprint density at radius 1 is 1.20 bits per heavy atom. The van der Waals surface area contributed by atoms with Crippen molar-refractivity contribution in [2.45, 2.75) is 31.9 Å². The molecule has 112 valence electrons. The topological polar surface area (TPSA) is 55.8 Å². The minimum absolute atomic E-state index is 0.112. The van der Waals surface area contributed by atoms with Gasteiger partial charge < -0.3 is 14.6 Å². The first-order valence-corrected chi connectivity index (χ1v) is 7.85. The fraction of sp³-hybridized carbons (Fsp3) is 0.533. The molecule has 0 aromatic heterocycles. The van der Waals surface area contributed by atoms with Crippen LogP contribution in [0.1, 0.15) is 26.7 Å². The molecule has 0 aliphatic carbocycles. The van der Waals surface area contributed by atoms with E-state index in [2.05, 4.69) is 6.92 Å². The highest BCUT2D eigenvalue weighted by Gasteiger charge is 2.07. The second kappa shape index (κ2) is 9.53. The van der Waals surface area contributed by atoms with E-state index in [0.717, 1.165) is 30.3 Å². The molecule has 1 rings (SSSR count). The van der Waals surface area contributed by atoms with Crippen molar-refractivity contribution in [2.75, 3.05) is 19.0 Å². The maximum atomic E-state index is 10.5. The van der Waals surface area contributed by atoms with Gasteiger partial charge in [0, 0.05) is 11.0 Å². The number of carboxylic acid groups (broad SMARTS) is 1. The first-order valence-electron chi connectivity index (χ1n) is 6.81.